The van der Waals surface area contributed by atoms with E-state index in [-0.39, 0.29) is 11.4 Å². The minimum absolute atomic E-state index is 0.119. The van der Waals surface area contributed by atoms with Crippen molar-refractivity contribution in [2.75, 3.05) is 6.54 Å². The number of rotatable bonds is 4. The standard InChI is InChI=1S/C19H20ClNO4S/c1-13-5-3-6-14(2)18(13)25-19(22)17-7-4-12-21(17)26(23,24)16-10-8-15(20)9-11-16/h3,5-6,8-11,17H,4,7,12H2,1-2H3/t17-/m0/s1. The molecule has 0 saturated carbocycles. The molecule has 1 aliphatic rings. The monoisotopic (exact) mass is 393 g/mol. The number of carbonyl (C=O) groups is 1. The van der Waals surface area contributed by atoms with Gasteiger partial charge in [0.1, 0.15) is 11.8 Å². The lowest BCUT2D eigenvalue weighted by molar-refractivity contribution is -0.138. The van der Waals surface area contributed by atoms with Gasteiger partial charge in [0.05, 0.1) is 4.90 Å². The second kappa shape index (κ2) is 7.39. The van der Waals surface area contributed by atoms with Crippen molar-refractivity contribution >= 4 is 27.6 Å². The molecule has 0 bridgehead atoms. The van der Waals surface area contributed by atoms with E-state index < -0.39 is 22.0 Å². The number of carbonyl (C=O) groups excluding carboxylic acids is 1. The fraction of sp³-hybridized carbons (Fsp3) is 0.316. The van der Waals surface area contributed by atoms with Gasteiger partial charge in [-0.25, -0.2) is 13.2 Å². The molecule has 1 heterocycles. The van der Waals surface area contributed by atoms with Crippen LogP contribution in [0.3, 0.4) is 0 Å². The fourth-order valence-corrected chi connectivity index (χ4v) is 4.91. The predicted octanol–water partition coefficient (Wildman–Crippen LogP) is 3.72. The van der Waals surface area contributed by atoms with Gasteiger partial charge in [0, 0.05) is 11.6 Å². The number of aryl methyl sites for hydroxylation is 2. The summed E-state index contributed by atoms with van der Waals surface area (Å²) in [5, 5.41) is 0.455. The van der Waals surface area contributed by atoms with Gasteiger partial charge >= 0.3 is 5.97 Å². The maximum atomic E-state index is 12.9. The first-order valence-corrected chi connectivity index (χ1v) is 10.2. The summed E-state index contributed by atoms with van der Waals surface area (Å²) in [6.45, 7) is 4.00. The highest BCUT2D eigenvalue weighted by Gasteiger charge is 2.40. The summed E-state index contributed by atoms with van der Waals surface area (Å²) >= 11 is 5.84. The molecule has 2 aromatic rings. The normalized spacial score (nSPS) is 18.0. The zero-order chi connectivity index (χ0) is 18.9. The van der Waals surface area contributed by atoms with Crippen LogP contribution in [0.2, 0.25) is 5.02 Å². The highest BCUT2D eigenvalue weighted by Crippen LogP contribution is 2.29. The lowest BCUT2D eigenvalue weighted by atomic mass is 10.1. The zero-order valence-corrected chi connectivity index (χ0v) is 16.2. The van der Waals surface area contributed by atoms with E-state index >= 15 is 0 Å². The van der Waals surface area contributed by atoms with E-state index in [1.165, 1.54) is 28.6 Å². The van der Waals surface area contributed by atoms with Gasteiger partial charge in [-0.15, -0.1) is 0 Å². The third kappa shape index (κ3) is 3.63. The molecule has 1 saturated heterocycles. The van der Waals surface area contributed by atoms with Crippen LogP contribution in [0.1, 0.15) is 24.0 Å². The molecule has 0 spiro atoms. The van der Waals surface area contributed by atoms with Gasteiger partial charge in [0.15, 0.2) is 0 Å². The number of benzene rings is 2. The minimum Gasteiger partial charge on any atom is -0.425 e. The SMILES string of the molecule is Cc1cccc(C)c1OC(=O)[C@@H]1CCCN1S(=O)(=O)c1ccc(Cl)cc1. The Kier molecular flexibility index (Phi) is 5.37. The van der Waals surface area contributed by atoms with E-state index in [0.29, 0.717) is 23.6 Å². The summed E-state index contributed by atoms with van der Waals surface area (Å²) in [5.41, 5.74) is 1.67. The van der Waals surface area contributed by atoms with Gasteiger partial charge in [0.25, 0.3) is 0 Å². The Morgan fingerprint density at radius 2 is 1.73 bits per heavy atom. The fourth-order valence-electron chi connectivity index (χ4n) is 3.13. The highest BCUT2D eigenvalue weighted by molar-refractivity contribution is 7.89. The van der Waals surface area contributed by atoms with Gasteiger partial charge in [0.2, 0.25) is 10.0 Å². The first-order valence-electron chi connectivity index (χ1n) is 8.36. The summed E-state index contributed by atoms with van der Waals surface area (Å²) in [6, 6.07) is 10.7. The van der Waals surface area contributed by atoms with Crippen molar-refractivity contribution in [3.8, 4) is 5.75 Å². The number of esters is 1. The van der Waals surface area contributed by atoms with Crippen molar-refractivity contribution in [3.05, 3.63) is 58.6 Å². The number of nitrogens with zero attached hydrogens (tertiary/aromatic N) is 1. The molecule has 1 aliphatic heterocycles. The summed E-state index contributed by atoms with van der Waals surface area (Å²) in [5.74, 6) is -0.0503. The van der Waals surface area contributed by atoms with Crippen LogP contribution in [0.25, 0.3) is 0 Å². The largest absolute Gasteiger partial charge is 0.425 e. The van der Waals surface area contributed by atoms with Gasteiger partial charge < -0.3 is 4.74 Å². The molecular weight excluding hydrogens is 374 g/mol. The number of sulfonamides is 1. The average molecular weight is 394 g/mol. The van der Waals surface area contributed by atoms with Crippen LogP contribution in [0.15, 0.2) is 47.4 Å². The molecule has 0 amide bonds. The van der Waals surface area contributed by atoms with Crippen molar-refractivity contribution in [3.63, 3.8) is 0 Å². The number of ether oxygens (including phenoxy) is 1. The molecular formula is C19H20ClNO4S. The molecule has 0 aromatic heterocycles. The van der Waals surface area contributed by atoms with Crippen LogP contribution in [-0.2, 0) is 14.8 Å². The topological polar surface area (TPSA) is 63.7 Å². The highest BCUT2D eigenvalue weighted by atomic mass is 35.5. The van der Waals surface area contributed by atoms with Gasteiger partial charge in [-0.05, 0) is 62.1 Å². The van der Waals surface area contributed by atoms with E-state index in [1.54, 1.807) is 0 Å². The molecule has 26 heavy (non-hydrogen) atoms. The van der Waals surface area contributed by atoms with Crippen LogP contribution < -0.4 is 4.74 Å². The predicted molar refractivity (Wildman–Crippen MR) is 99.9 cm³/mol. The minimum atomic E-state index is -3.79. The van der Waals surface area contributed by atoms with Crippen molar-refractivity contribution in [1.82, 2.24) is 4.31 Å². The number of halogens is 1. The van der Waals surface area contributed by atoms with Crippen LogP contribution in [-0.4, -0.2) is 31.3 Å². The quantitative estimate of drug-likeness (QED) is 0.586. The Hall–Kier alpha value is -1.89. The summed E-state index contributed by atoms with van der Waals surface area (Å²) in [4.78, 5) is 12.8. The van der Waals surface area contributed by atoms with Crippen molar-refractivity contribution in [1.29, 1.82) is 0 Å². The summed E-state index contributed by atoms with van der Waals surface area (Å²) in [6.07, 6.45) is 1.05. The third-order valence-corrected chi connectivity index (χ3v) is 6.68. The van der Waals surface area contributed by atoms with Crippen molar-refractivity contribution < 1.29 is 17.9 Å². The Morgan fingerprint density at radius 1 is 1.12 bits per heavy atom. The molecule has 2 aromatic carbocycles. The molecule has 0 radical (unpaired) electrons. The molecule has 1 fully saturated rings. The number of para-hydroxylation sites is 1. The first kappa shape index (κ1) is 18.9. The maximum Gasteiger partial charge on any atom is 0.329 e. The van der Waals surface area contributed by atoms with Gasteiger partial charge in [-0.3, -0.25) is 0 Å². The van der Waals surface area contributed by atoms with E-state index in [1.807, 2.05) is 32.0 Å². The second-order valence-corrected chi connectivity index (χ2v) is 8.70. The Bertz CT molecular complexity index is 905. The molecule has 5 nitrogen and oxygen atoms in total. The molecule has 0 unspecified atom stereocenters. The Morgan fingerprint density at radius 3 is 2.35 bits per heavy atom. The second-order valence-electron chi connectivity index (χ2n) is 6.37. The van der Waals surface area contributed by atoms with E-state index in [0.717, 1.165) is 11.1 Å². The van der Waals surface area contributed by atoms with Gasteiger partial charge in [-0.2, -0.15) is 4.31 Å². The number of hydrogen-bond acceptors (Lipinski definition) is 4. The lowest BCUT2D eigenvalue weighted by Gasteiger charge is -2.23. The first-order chi connectivity index (χ1) is 12.3. The van der Waals surface area contributed by atoms with E-state index in [4.69, 9.17) is 16.3 Å². The van der Waals surface area contributed by atoms with Gasteiger partial charge in [-0.1, -0.05) is 29.8 Å². The Labute approximate surface area is 158 Å². The lowest BCUT2D eigenvalue weighted by Crippen LogP contribution is -2.42. The zero-order valence-electron chi connectivity index (χ0n) is 14.6. The molecule has 7 heteroatoms. The van der Waals surface area contributed by atoms with Crippen LogP contribution in [0, 0.1) is 13.8 Å². The molecule has 1 atom stereocenters. The maximum absolute atomic E-state index is 12.9. The van der Waals surface area contributed by atoms with Crippen molar-refractivity contribution in [2.24, 2.45) is 0 Å². The summed E-state index contributed by atoms with van der Waals surface area (Å²) < 4.78 is 32.6. The van der Waals surface area contributed by atoms with Crippen molar-refractivity contribution in [2.45, 2.75) is 37.6 Å². The van der Waals surface area contributed by atoms with Crippen LogP contribution in [0.5, 0.6) is 5.75 Å². The molecule has 0 N–H and O–H groups in total. The number of hydrogen-bond donors (Lipinski definition) is 0. The van der Waals surface area contributed by atoms with E-state index in [2.05, 4.69) is 0 Å². The Balaban J connectivity index is 1.86. The van der Waals surface area contributed by atoms with E-state index in [9.17, 15) is 13.2 Å². The summed E-state index contributed by atoms with van der Waals surface area (Å²) in [7, 11) is -3.79. The smallest absolute Gasteiger partial charge is 0.329 e. The average Bonchev–Trinajstić information content (AvgIpc) is 3.09. The third-order valence-electron chi connectivity index (χ3n) is 4.51. The molecule has 3 rings (SSSR count). The van der Waals surface area contributed by atoms with Crippen LogP contribution >= 0.6 is 11.6 Å². The molecule has 0 aliphatic carbocycles. The molecule has 138 valence electrons. The van der Waals surface area contributed by atoms with Crippen LogP contribution in [0.4, 0.5) is 0 Å².